The van der Waals surface area contributed by atoms with E-state index in [0.29, 0.717) is 30.8 Å². The summed E-state index contributed by atoms with van der Waals surface area (Å²) in [6.07, 6.45) is 0.354. The maximum absolute atomic E-state index is 12.7. The number of ether oxygens (including phenoxy) is 1. The minimum Gasteiger partial charge on any atom is -0.394 e. The Bertz CT molecular complexity index is 493. The molecule has 0 bridgehead atoms. The number of rotatable bonds is 3. The molecule has 2 rings (SSSR count). The van der Waals surface area contributed by atoms with Crippen molar-refractivity contribution in [3.05, 3.63) is 23.0 Å². The first-order valence-electron chi connectivity index (χ1n) is 6.93. The Morgan fingerprint density at radius 3 is 2.95 bits per heavy atom. The molecule has 0 spiro atoms. The second-order valence-corrected chi connectivity index (χ2v) is 5.14. The second-order valence-electron chi connectivity index (χ2n) is 5.14. The van der Waals surface area contributed by atoms with Gasteiger partial charge in [0, 0.05) is 6.54 Å². The van der Waals surface area contributed by atoms with Crippen LogP contribution in [0.2, 0.25) is 0 Å². The number of carbonyl (C=O) groups is 1. The van der Waals surface area contributed by atoms with Crippen molar-refractivity contribution in [3.8, 4) is 0 Å². The minimum absolute atomic E-state index is 0.0107. The van der Waals surface area contributed by atoms with E-state index in [1.807, 2.05) is 20.8 Å². The van der Waals surface area contributed by atoms with Crippen molar-refractivity contribution in [3.63, 3.8) is 0 Å². The minimum atomic E-state index is -0.309. The van der Waals surface area contributed by atoms with Gasteiger partial charge in [0.15, 0.2) is 0 Å². The molecule has 1 amide bonds. The van der Waals surface area contributed by atoms with Crippen LogP contribution in [0.15, 0.2) is 6.07 Å². The normalized spacial score (nSPS) is 22.9. The molecule has 110 valence electrons. The molecule has 2 unspecified atom stereocenters. The van der Waals surface area contributed by atoms with Crippen LogP contribution >= 0.6 is 0 Å². The molecule has 1 fully saturated rings. The van der Waals surface area contributed by atoms with Crippen molar-refractivity contribution in [2.75, 3.05) is 19.8 Å². The van der Waals surface area contributed by atoms with Gasteiger partial charge in [-0.25, -0.2) is 0 Å². The summed E-state index contributed by atoms with van der Waals surface area (Å²) in [5.41, 5.74) is 2.04. The largest absolute Gasteiger partial charge is 0.394 e. The maximum atomic E-state index is 12.7. The van der Waals surface area contributed by atoms with Gasteiger partial charge in [-0.3, -0.25) is 4.79 Å². The highest BCUT2D eigenvalue weighted by Crippen LogP contribution is 2.17. The molecular weight excluding hydrogens is 258 g/mol. The first kappa shape index (κ1) is 14.9. The predicted octanol–water partition coefficient (Wildman–Crippen LogP) is 0.569. The molecule has 0 radical (unpaired) electrons. The molecule has 6 nitrogen and oxygen atoms in total. The van der Waals surface area contributed by atoms with Crippen LogP contribution in [0, 0.1) is 6.92 Å². The van der Waals surface area contributed by atoms with E-state index in [-0.39, 0.29) is 24.7 Å². The zero-order valence-corrected chi connectivity index (χ0v) is 12.2. The first-order valence-corrected chi connectivity index (χ1v) is 6.93. The molecule has 1 aliphatic rings. The Labute approximate surface area is 118 Å². The quantitative estimate of drug-likeness (QED) is 0.875. The van der Waals surface area contributed by atoms with Crippen molar-refractivity contribution in [1.29, 1.82) is 0 Å². The molecule has 0 saturated carbocycles. The fourth-order valence-electron chi connectivity index (χ4n) is 2.33. The van der Waals surface area contributed by atoms with Crippen LogP contribution in [0.25, 0.3) is 0 Å². The zero-order chi connectivity index (χ0) is 14.7. The number of carbonyl (C=O) groups excluding carboxylic acids is 1. The summed E-state index contributed by atoms with van der Waals surface area (Å²) in [4.78, 5) is 14.5. The number of hydrogen-bond acceptors (Lipinski definition) is 5. The number of aromatic nitrogens is 2. The van der Waals surface area contributed by atoms with Gasteiger partial charge in [-0.1, -0.05) is 6.92 Å². The van der Waals surface area contributed by atoms with Crippen molar-refractivity contribution >= 4 is 5.91 Å². The lowest BCUT2D eigenvalue weighted by Gasteiger charge is -2.37. The third-order valence-electron chi connectivity index (χ3n) is 3.53. The Kier molecular flexibility index (Phi) is 4.67. The van der Waals surface area contributed by atoms with E-state index in [1.165, 1.54) is 0 Å². The average Bonchev–Trinajstić information content (AvgIpc) is 2.47. The van der Waals surface area contributed by atoms with Crippen LogP contribution in [0.3, 0.4) is 0 Å². The predicted molar refractivity (Wildman–Crippen MR) is 73.5 cm³/mol. The summed E-state index contributed by atoms with van der Waals surface area (Å²) in [6.45, 7) is 6.48. The van der Waals surface area contributed by atoms with E-state index in [0.717, 1.165) is 5.69 Å². The van der Waals surface area contributed by atoms with Gasteiger partial charge >= 0.3 is 0 Å². The number of aliphatic hydroxyl groups is 1. The number of morpholine rings is 1. The highest BCUT2D eigenvalue weighted by molar-refractivity contribution is 5.95. The molecule has 1 N–H and O–H groups in total. The Morgan fingerprint density at radius 2 is 2.30 bits per heavy atom. The van der Waals surface area contributed by atoms with Crippen LogP contribution in [0.5, 0.6) is 0 Å². The first-order chi connectivity index (χ1) is 9.56. The maximum Gasteiger partial charge on any atom is 0.256 e. The molecule has 1 aliphatic heterocycles. The molecule has 1 saturated heterocycles. The van der Waals surface area contributed by atoms with Crippen molar-refractivity contribution < 1.29 is 14.6 Å². The topological polar surface area (TPSA) is 75.6 Å². The lowest BCUT2D eigenvalue weighted by Crippen LogP contribution is -2.52. The molecule has 2 heterocycles. The van der Waals surface area contributed by atoms with Crippen LogP contribution in [0.4, 0.5) is 0 Å². The van der Waals surface area contributed by atoms with Gasteiger partial charge in [0.05, 0.1) is 42.3 Å². The van der Waals surface area contributed by atoms with Crippen LogP contribution in [-0.4, -0.2) is 58.0 Å². The highest BCUT2D eigenvalue weighted by Gasteiger charge is 2.31. The second kappa shape index (κ2) is 6.28. The third kappa shape index (κ3) is 2.96. The standard InChI is InChI=1S/C14H21N3O3/c1-4-13-12(5-9(2)15-16-13)14(19)17-6-11(7-18)20-8-10(17)3/h5,10-11,18H,4,6-8H2,1-3H3. The Morgan fingerprint density at radius 1 is 1.55 bits per heavy atom. The van der Waals surface area contributed by atoms with E-state index >= 15 is 0 Å². The van der Waals surface area contributed by atoms with Gasteiger partial charge in [0.25, 0.3) is 5.91 Å². The van der Waals surface area contributed by atoms with Crippen molar-refractivity contribution in [1.82, 2.24) is 15.1 Å². The summed E-state index contributed by atoms with van der Waals surface area (Å²) < 4.78 is 5.46. The van der Waals surface area contributed by atoms with Gasteiger partial charge in [-0.15, -0.1) is 0 Å². The van der Waals surface area contributed by atoms with E-state index < -0.39 is 0 Å². The summed E-state index contributed by atoms with van der Waals surface area (Å²) in [7, 11) is 0. The SMILES string of the molecule is CCc1nnc(C)cc1C(=O)N1CC(CO)OCC1C. The monoisotopic (exact) mass is 279 g/mol. The third-order valence-corrected chi connectivity index (χ3v) is 3.53. The summed E-state index contributed by atoms with van der Waals surface area (Å²) >= 11 is 0. The van der Waals surface area contributed by atoms with Crippen LogP contribution in [0.1, 0.15) is 35.6 Å². The van der Waals surface area contributed by atoms with Crippen molar-refractivity contribution in [2.24, 2.45) is 0 Å². The number of aryl methyl sites for hydroxylation is 2. The zero-order valence-electron chi connectivity index (χ0n) is 12.2. The molecule has 20 heavy (non-hydrogen) atoms. The van der Waals surface area contributed by atoms with E-state index in [2.05, 4.69) is 10.2 Å². The highest BCUT2D eigenvalue weighted by atomic mass is 16.5. The van der Waals surface area contributed by atoms with Crippen LogP contribution < -0.4 is 0 Å². The number of amides is 1. The average molecular weight is 279 g/mol. The smallest absolute Gasteiger partial charge is 0.256 e. The van der Waals surface area contributed by atoms with E-state index in [9.17, 15) is 9.90 Å². The number of nitrogens with zero attached hydrogens (tertiary/aromatic N) is 3. The molecule has 2 atom stereocenters. The van der Waals surface area contributed by atoms with Crippen molar-refractivity contribution in [2.45, 2.75) is 39.3 Å². The summed E-state index contributed by atoms with van der Waals surface area (Å²) in [5.74, 6) is -0.0610. The number of aliphatic hydroxyl groups excluding tert-OH is 1. The molecule has 0 aromatic carbocycles. The molecule has 1 aromatic rings. The van der Waals surface area contributed by atoms with Gasteiger partial charge in [-0.05, 0) is 26.3 Å². The molecule has 6 heteroatoms. The summed E-state index contributed by atoms with van der Waals surface area (Å²) in [5, 5.41) is 17.3. The lowest BCUT2D eigenvalue weighted by molar-refractivity contribution is -0.0667. The molecule has 0 aliphatic carbocycles. The van der Waals surface area contributed by atoms with E-state index in [4.69, 9.17) is 4.74 Å². The van der Waals surface area contributed by atoms with E-state index in [1.54, 1.807) is 11.0 Å². The number of hydrogen-bond donors (Lipinski definition) is 1. The fourth-order valence-corrected chi connectivity index (χ4v) is 2.33. The van der Waals surface area contributed by atoms with Gasteiger partial charge in [0.2, 0.25) is 0 Å². The molecule has 1 aromatic heterocycles. The summed E-state index contributed by atoms with van der Waals surface area (Å²) in [6, 6.07) is 1.77. The van der Waals surface area contributed by atoms with Gasteiger partial charge in [0.1, 0.15) is 0 Å². The Balaban J connectivity index is 2.27. The van der Waals surface area contributed by atoms with Gasteiger partial charge in [-0.2, -0.15) is 10.2 Å². The van der Waals surface area contributed by atoms with Gasteiger partial charge < -0.3 is 14.7 Å². The lowest BCUT2D eigenvalue weighted by atomic mass is 10.1. The fraction of sp³-hybridized carbons (Fsp3) is 0.643. The molecular formula is C14H21N3O3. The Hall–Kier alpha value is -1.53. The van der Waals surface area contributed by atoms with Crippen LogP contribution in [-0.2, 0) is 11.2 Å².